The molecule has 0 spiro atoms. The van der Waals surface area contributed by atoms with Crippen LogP contribution >= 0.6 is 0 Å². The van der Waals surface area contributed by atoms with Gasteiger partial charge in [0.2, 0.25) is 0 Å². The quantitative estimate of drug-likeness (QED) is 0.520. The molecule has 0 aliphatic rings. The first kappa shape index (κ1) is 12.5. The standard InChI is InChI=1S/C11H24N2/c1-10(2,3)7-8-13-9(12)11(4,5)6/h7-8H2,1-6H3,(H2,12,13). The normalized spacial score (nSPS) is 14.8. The van der Waals surface area contributed by atoms with Gasteiger partial charge in [-0.05, 0) is 11.8 Å². The van der Waals surface area contributed by atoms with Gasteiger partial charge in [0, 0.05) is 12.0 Å². The Morgan fingerprint density at radius 3 is 1.85 bits per heavy atom. The predicted molar refractivity (Wildman–Crippen MR) is 60.0 cm³/mol. The van der Waals surface area contributed by atoms with Crippen LogP contribution in [0, 0.1) is 10.8 Å². The van der Waals surface area contributed by atoms with Crippen LogP contribution in [-0.2, 0) is 0 Å². The number of hydrogen-bond acceptors (Lipinski definition) is 1. The molecule has 0 rings (SSSR count). The zero-order valence-electron chi connectivity index (χ0n) is 9.94. The van der Waals surface area contributed by atoms with E-state index in [9.17, 15) is 0 Å². The molecule has 0 aliphatic heterocycles. The van der Waals surface area contributed by atoms with Gasteiger partial charge in [-0.3, -0.25) is 4.99 Å². The van der Waals surface area contributed by atoms with Gasteiger partial charge in [-0.2, -0.15) is 0 Å². The molecule has 0 radical (unpaired) electrons. The van der Waals surface area contributed by atoms with Crippen molar-refractivity contribution < 1.29 is 0 Å². The lowest BCUT2D eigenvalue weighted by Crippen LogP contribution is -2.29. The first-order chi connectivity index (χ1) is 5.63. The molecule has 0 heterocycles. The Hall–Kier alpha value is -0.530. The van der Waals surface area contributed by atoms with Crippen molar-refractivity contribution in [1.82, 2.24) is 0 Å². The predicted octanol–water partition coefficient (Wildman–Crippen LogP) is 2.83. The number of amidine groups is 1. The monoisotopic (exact) mass is 184 g/mol. The largest absolute Gasteiger partial charge is 0.387 e. The summed E-state index contributed by atoms with van der Waals surface area (Å²) >= 11 is 0. The first-order valence-corrected chi connectivity index (χ1v) is 4.93. The van der Waals surface area contributed by atoms with Crippen LogP contribution in [0.2, 0.25) is 0 Å². The zero-order chi connectivity index (χ0) is 10.7. The summed E-state index contributed by atoms with van der Waals surface area (Å²) in [6.45, 7) is 13.8. The fourth-order valence-electron chi connectivity index (χ4n) is 0.749. The molecule has 0 saturated carbocycles. The Morgan fingerprint density at radius 1 is 1.08 bits per heavy atom. The van der Waals surface area contributed by atoms with Gasteiger partial charge in [0.25, 0.3) is 0 Å². The molecule has 0 saturated heterocycles. The van der Waals surface area contributed by atoms with E-state index in [1.807, 2.05) is 0 Å². The van der Waals surface area contributed by atoms with Crippen molar-refractivity contribution in [2.75, 3.05) is 6.54 Å². The molecular weight excluding hydrogens is 160 g/mol. The molecule has 0 aromatic heterocycles. The third-order valence-corrected chi connectivity index (χ3v) is 1.91. The summed E-state index contributed by atoms with van der Waals surface area (Å²) in [5, 5.41) is 0. The van der Waals surface area contributed by atoms with Crippen molar-refractivity contribution >= 4 is 5.84 Å². The van der Waals surface area contributed by atoms with Gasteiger partial charge in [0.1, 0.15) is 0 Å². The molecule has 0 unspecified atom stereocenters. The van der Waals surface area contributed by atoms with Crippen LogP contribution in [0.4, 0.5) is 0 Å². The van der Waals surface area contributed by atoms with E-state index in [0.29, 0.717) is 5.41 Å². The number of hydrogen-bond donors (Lipinski definition) is 1. The van der Waals surface area contributed by atoms with Crippen molar-refractivity contribution in [2.45, 2.75) is 48.0 Å². The van der Waals surface area contributed by atoms with Crippen molar-refractivity contribution in [2.24, 2.45) is 21.6 Å². The van der Waals surface area contributed by atoms with Crippen LogP contribution in [0.1, 0.15) is 48.0 Å². The lowest BCUT2D eigenvalue weighted by Gasteiger charge is -2.19. The van der Waals surface area contributed by atoms with E-state index < -0.39 is 0 Å². The third kappa shape index (κ3) is 6.62. The number of rotatable bonds is 2. The Labute approximate surface area is 82.6 Å². The molecule has 0 aliphatic carbocycles. The second-order valence-corrected chi connectivity index (χ2v) is 5.83. The molecule has 0 fully saturated rings. The average molecular weight is 184 g/mol. The molecule has 0 atom stereocenters. The van der Waals surface area contributed by atoms with Gasteiger partial charge in [0.15, 0.2) is 0 Å². The zero-order valence-corrected chi connectivity index (χ0v) is 9.94. The summed E-state index contributed by atoms with van der Waals surface area (Å²) in [7, 11) is 0. The minimum Gasteiger partial charge on any atom is -0.387 e. The van der Waals surface area contributed by atoms with Gasteiger partial charge in [0.05, 0.1) is 5.84 Å². The summed E-state index contributed by atoms with van der Waals surface area (Å²) in [6.07, 6.45) is 1.09. The smallest absolute Gasteiger partial charge is 0.0991 e. The molecule has 0 aromatic carbocycles. The molecule has 78 valence electrons. The van der Waals surface area contributed by atoms with E-state index >= 15 is 0 Å². The SMILES string of the molecule is CC(C)(C)CCN=C(N)C(C)(C)C. The molecule has 2 nitrogen and oxygen atoms in total. The summed E-state index contributed by atoms with van der Waals surface area (Å²) in [6, 6.07) is 0. The summed E-state index contributed by atoms with van der Waals surface area (Å²) in [5.41, 5.74) is 6.19. The first-order valence-electron chi connectivity index (χ1n) is 4.93. The highest BCUT2D eigenvalue weighted by Crippen LogP contribution is 2.19. The third-order valence-electron chi connectivity index (χ3n) is 1.91. The maximum Gasteiger partial charge on any atom is 0.0991 e. The van der Waals surface area contributed by atoms with Gasteiger partial charge >= 0.3 is 0 Å². The van der Waals surface area contributed by atoms with Gasteiger partial charge in [-0.15, -0.1) is 0 Å². The Balaban J connectivity index is 4.00. The second kappa shape index (κ2) is 4.12. The second-order valence-electron chi connectivity index (χ2n) is 5.83. The summed E-state index contributed by atoms with van der Waals surface area (Å²) in [4.78, 5) is 4.38. The van der Waals surface area contributed by atoms with E-state index in [2.05, 4.69) is 46.5 Å². The highest BCUT2D eigenvalue weighted by Gasteiger charge is 2.15. The molecule has 0 amide bonds. The van der Waals surface area contributed by atoms with Crippen molar-refractivity contribution in [1.29, 1.82) is 0 Å². The molecule has 2 heteroatoms. The highest BCUT2D eigenvalue weighted by atomic mass is 14.9. The molecule has 2 N–H and O–H groups in total. The van der Waals surface area contributed by atoms with Crippen molar-refractivity contribution in [3.63, 3.8) is 0 Å². The Bertz CT molecular complexity index is 179. The van der Waals surface area contributed by atoms with Crippen molar-refractivity contribution in [3.05, 3.63) is 0 Å². The fourth-order valence-corrected chi connectivity index (χ4v) is 0.749. The number of aliphatic imine (C=N–C) groups is 1. The van der Waals surface area contributed by atoms with Gasteiger partial charge in [-0.1, -0.05) is 41.5 Å². The number of nitrogens with two attached hydrogens (primary N) is 1. The van der Waals surface area contributed by atoms with Gasteiger partial charge < -0.3 is 5.73 Å². The van der Waals surface area contributed by atoms with Crippen LogP contribution in [-0.4, -0.2) is 12.4 Å². The summed E-state index contributed by atoms with van der Waals surface area (Å²) in [5.74, 6) is 0.761. The van der Waals surface area contributed by atoms with Crippen LogP contribution in [0.3, 0.4) is 0 Å². The molecule has 0 bridgehead atoms. The lowest BCUT2D eigenvalue weighted by atomic mass is 9.92. The molecular formula is C11H24N2. The summed E-state index contributed by atoms with van der Waals surface area (Å²) < 4.78 is 0. The molecule has 13 heavy (non-hydrogen) atoms. The van der Waals surface area contributed by atoms with Crippen LogP contribution in [0.25, 0.3) is 0 Å². The topological polar surface area (TPSA) is 38.4 Å². The Morgan fingerprint density at radius 2 is 1.54 bits per heavy atom. The van der Waals surface area contributed by atoms with Crippen molar-refractivity contribution in [3.8, 4) is 0 Å². The lowest BCUT2D eigenvalue weighted by molar-refractivity contribution is 0.384. The molecule has 0 aromatic rings. The minimum atomic E-state index is 0.0118. The minimum absolute atomic E-state index is 0.0118. The fraction of sp³-hybridized carbons (Fsp3) is 0.909. The number of nitrogens with zero attached hydrogens (tertiary/aromatic N) is 1. The van der Waals surface area contributed by atoms with E-state index in [1.54, 1.807) is 0 Å². The van der Waals surface area contributed by atoms with E-state index in [4.69, 9.17) is 5.73 Å². The highest BCUT2D eigenvalue weighted by molar-refractivity contribution is 5.85. The van der Waals surface area contributed by atoms with Crippen LogP contribution < -0.4 is 5.73 Å². The van der Waals surface area contributed by atoms with E-state index in [1.165, 1.54) is 0 Å². The average Bonchev–Trinajstić information content (AvgIpc) is 1.82. The van der Waals surface area contributed by atoms with Crippen LogP contribution in [0.5, 0.6) is 0 Å². The maximum absolute atomic E-state index is 5.83. The van der Waals surface area contributed by atoms with E-state index in [0.717, 1.165) is 18.8 Å². The van der Waals surface area contributed by atoms with E-state index in [-0.39, 0.29) is 5.41 Å². The van der Waals surface area contributed by atoms with Gasteiger partial charge in [-0.25, -0.2) is 0 Å². The maximum atomic E-state index is 5.83. The van der Waals surface area contributed by atoms with Crippen LogP contribution in [0.15, 0.2) is 4.99 Å². The Kier molecular flexibility index (Phi) is 3.95.